The summed E-state index contributed by atoms with van der Waals surface area (Å²) in [7, 11) is 3.32. The molecule has 0 aromatic rings. The van der Waals surface area contributed by atoms with Gasteiger partial charge in [0.05, 0.1) is 13.2 Å². The van der Waals surface area contributed by atoms with Gasteiger partial charge in [-0.15, -0.1) is 0 Å². The summed E-state index contributed by atoms with van der Waals surface area (Å²) in [6, 6.07) is 0. The smallest absolute Gasteiger partial charge is 0.0794 e. The highest BCUT2D eigenvalue weighted by molar-refractivity contribution is 5.11. The van der Waals surface area contributed by atoms with Crippen molar-refractivity contribution in [3.8, 4) is 0 Å². The molecule has 1 rings (SSSR count). The van der Waals surface area contributed by atoms with E-state index in [1.54, 1.807) is 0 Å². The van der Waals surface area contributed by atoms with E-state index in [4.69, 9.17) is 4.74 Å². The van der Waals surface area contributed by atoms with Gasteiger partial charge in [0.25, 0.3) is 0 Å². The van der Waals surface area contributed by atoms with E-state index in [0.717, 1.165) is 6.42 Å². The highest BCUT2D eigenvalue weighted by Gasteiger charge is 1.99. The summed E-state index contributed by atoms with van der Waals surface area (Å²) in [6.07, 6.45) is 9.21. The molecule has 1 radical (unpaired) electrons. The van der Waals surface area contributed by atoms with Gasteiger partial charge in [0.15, 0.2) is 0 Å². The lowest BCUT2D eigenvalue weighted by Gasteiger charge is -2.08. The lowest BCUT2D eigenvalue weighted by molar-refractivity contribution is 0.181. The maximum absolute atomic E-state index is 4.80. The molecule has 0 N–H and O–H groups in total. The average Bonchev–Trinajstić information content (AvgIpc) is 1.90. The first kappa shape index (κ1) is 5.57. The van der Waals surface area contributed by atoms with Crippen molar-refractivity contribution in [1.29, 1.82) is 0 Å². The molecule has 1 unspecified atom stereocenters. The van der Waals surface area contributed by atoms with E-state index < -0.39 is 0 Å². The summed E-state index contributed by atoms with van der Waals surface area (Å²) in [5.41, 5.74) is 0. The van der Waals surface area contributed by atoms with Crippen LogP contribution in [0.4, 0.5) is 0 Å². The molecule has 0 aromatic heterocycles. The molecule has 0 bridgehead atoms. The number of allylic oxidation sites excluding steroid dienone is 2. The van der Waals surface area contributed by atoms with E-state index in [1.807, 2.05) is 18.2 Å². The second kappa shape index (κ2) is 2.68. The average molecular weight is 109 g/mol. The maximum Gasteiger partial charge on any atom is 0.0794 e. The Kier molecular flexibility index (Phi) is 1.86. The van der Waals surface area contributed by atoms with Gasteiger partial charge in [-0.05, 0) is 6.42 Å². The minimum absolute atomic E-state index is 0.208. The van der Waals surface area contributed by atoms with Gasteiger partial charge >= 0.3 is 0 Å². The molecule has 1 heteroatoms. The van der Waals surface area contributed by atoms with Crippen LogP contribution in [0.2, 0.25) is 0 Å². The molecular weight excluding hydrogens is 100 g/mol. The molecule has 1 aliphatic rings. The van der Waals surface area contributed by atoms with Crippen molar-refractivity contribution in [1.82, 2.24) is 0 Å². The molecule has 0 heterocycles. The standard InChI is InChI=1S/C7H9O/c1-8-7-5-3-2-4-6-7/h2-5,7H,1,6H2. The Morgan fingerprint density at radius 3 is 2.75 bits per heavy atom. The molecule has 0 saturated heterocycles. The second-order valence-electron chi connectivity index (χ2n) is 1.75. The van der Waals surface area contributed by atoms with E-state index in [9.17, 15) is 0 Å². The minimum atomic E-state index is 0.208. The van der Waals surface area contributed by atoms with Crippen LogP contribution in [0.5, 0.6) is 0 Å². The zero-order valence-corrected chi connectivity index (χ0v) is 4.71. The Labute approximate surface area is 49.7 Å². The highest BCUT2D eigenvalue weighted by Crippen LogP contribution is 2.05. The predicted molar refractivity (Wildman–Crippen MR) is 33.1 cm³/mol. The Balaban J connectivity index is 2.40. The third-order valence-electron chi connectivity index (χ3n) is 1.16. The molecule has 0 fully saturated rings. The van der Waals surface area contributed by atoms with Gasteiger partial charge < -0.3 is 4.74 Å². The van der Waals surface area contributed by atoms with Crippen molar-refractivity contribution < 1.29 is 4.74 Å². The Bertz CT molecular complexity index is 114. The lowest BCUT2D eigenvalue weighted by Crippen LogP contribution is -2.04. The van der Waals surface area contributed by atoms with Crippen LogP contribution in [0, 0.1) is 7.11 Å². The number of ether oxygens (including phenoxy) is 1. The van der Waals surface area contributed by atoms with Crippen LogP contribution in [0.3, 0.4) is 0 Å². The van der Waals surface area contributed by atoms with Crippen LogP contribution >= 0.6 is 0 Å². The van der Waals surface area contributed by atoms with Gasteiger partial charge in [-0.3, -0.25) is 0 Å². The van der Waals surface area contributed by atoms with Crippen molar-refractivity contribution in [2.75, 3.05) is 0 Å². The lowest BCUT2D eigenvalue weighted by atomic mass is 10.1. The SMILES string of the molecule is [CH2]OC1C=CC=CC1. The summed E-state index contributed by atoms with van der Waals surface area (Å²) >= 11 is 0. The van der Waals surface area contributed by atoms with Crippen molar-refractivity contribution >= 4 is 0 Å². The van der Waals surface area contributed by atoms with Crippen LogP contribution in [-0.2, 0) is 4.74 Å². The third kappa shape index (κ3) is 1.20. The summed E-state index contributed by atoms with van der Waals surface area (Å²) in [5, 5.41) is 0. The quantitative estimate of drug-likeness (QED) is 0.497. The van der Waals surface area contributed by atoms with E-state index >= 15 is 0 Å². The van der Waals surface area contributed by atoms with E-state index in [2.05, 4.69) is 13.2 Å². The zero-order valence-electron chi connectivity index (χ0n) is 4.71. The molecule has 0 amide bonds. The first-order valence-electron chi connectivity index (χ1n) is 2.67. The topological polar surface area (TPSA) is 9.23 Å². The van der Waals surface area contributed by atoms with Crippen molar-refractivity contribution in [2.45, 2.75) is 12.5 Å². The highest BCUT2D eigenvalue weighted by atomic mass is 16.5. The predicted octanol–water partition coefficient (Wildman–Crippen LogP) is 1.68. The fraction of sp³-hybridized carbons (Fsp3) is 0.286. The summed E-state index contributed by atoms with van der Waals surface area (Å²) in [5.74, 6) is 0. The normalized spacial score (nSPS) is 26.4. The summed E-state index contributed by atoms with van der Waals surface area (Å²) in [4.78, 5) is 0. The Morgan fingerprint density at radius 2 is 2.38 bits per heavy atom. The van der Waals surface area contributed by atoms with Crippen molar-refractivity contribution in [3.05, 3.63) is 31.4 Å². The fourth-order valence-electron chi connectivity index (χ4n) is 0.682. The van der Waals surface area contributed by atoms with Crippen LogP contribution in [-0.4, -0.2) is 6.10 Å². The largest absolute Gasteiger partial charge is 0.371 e. The number of hydrogen-bond acceptors (Lipinski definition) is 1. The first-order chi connectivity index (χ1) is 3.93. The van der Waals surface area contributed by atoms with Crippen molar-refractivity contribution in [2.24, 2.45) is 0 Å². The molecule has 0 saturated carbocycles. The van der Waals surface area contributed by atoms with E-state index in [0.29, 0.717) is 0 Å². The molecule has 1 nitrogen and oxygen atoms in total. The first-order valence-corrected chi connectivity index (χ1v) is 2.67. The van der Waals surface area contributed by atoms with Gasteiger partial charge in [0.2, 0.25) is 0 Å². The molecule has 1 aliphatic carbocycles. The Hall–Kier alpha value is -0.560. The van der Waals surface area contributed by atoms with Crippen molar-refractivity contribution in [3.63, 3.8) is 0 Å². The number of rotatable bonds is 1. The zero-order chi connectivity index (χ0) is 5.82. The maximum atomic E-state index is 4.80. The molecular formula is C7H9O. The monoisotopic (exact) mass is 109 g/mol. The molecule has 43 valence electrons. The molecule has 0 aromatic carbocycles. The molecule has 0 spiro atoms. The van der Waals surface area contributed by atoms with Crippen LogP contribution in [0.15, 0.2) is 24.3 Å². The molecule has 0 aliphatic heterocycles. The Morgan fingerprint density at radius 1 is 1.50 bits per heavy atom. The van der Waals surface area contributed by atoms with Gasteiger partial charge in [0, 0.05) is 0 Å². The third-order valence-corrected chi connectivity index (χ3v) is 1.16. The van der Waals surface area contributed by atoms with Crippen LogP contribution < -0.4 is 0 Å². The summed E-state index contributed by atoms with van der Waals surface area (Å²) < 4.78 is 4.80. The van der Waals surface area contributed by atoms with Crippen LogP contribution in [0.1, 0.15) is 6.42 Å². The fourth-order valence-corrected chi connectivity index (χ4v) is 0.682. The van der Waals surface area contributed by atoms with E-state index in [1.165, 1.54) is 0 Å². The molecule has 8 heavy (non-hydrogen) atoms. The van der Waals surface area contributed by atoms with Gasteiger partial charge in [-0.2, -0.15) is 0 Å². The van der Waals surface area contributed by atoms with E-state index in [-0.39, 0.29) is 6.10 Å². The second-order valence-corrected chi connectivity index (χ2v) is 1.75. The summed E-state index contributed by atoms with van der Waals surface area (Å²) in [6.45, 7) is 0. The van der Waals surface area contributed by atoms with Gasteiger partial charge in [-0.1, -0.05) is 24.3 Å². The number of hydrogen-bond donors (Lipinski definition) is 0. The minimum Gasteiger partial charge on any atom is -0.371 e. The van der Waals surface area contributed by atoms with Gasteiger partial charge in [-0.25, -0.2) is 0 Å². The van der Waals surface area contributed by atoms with Gasteiger partial charge in [0.1, 0.15) is 0 Å². The van der Waals surface area contributed by atoms with Crippen LogP contribution in [0.25, 0.3) is 0 Å². The molecule has 1 atom stereocenters.